The fourth-order valence-electron chi connectivity index (χ4n) is 2.27. The molecule has 0 spiro atoms. The van der Waals surface area contributed by atoms with Gasteiger partial charge in [0.1, 0.15) is 6.04 Å². The summed E-state index contributed by atoms with van der Waals surface area (Å²) in [5, 5.41) is 9.01. The number of fused-ring (bicyclic) bond motifs is 1. The van der Waals surface area contributed by atoms with Gasteiger partial charge in [-0.2, -0.15) is 5.26 Å². The average molecular weight is 200 g/mol. The van der Waals surface area contributed by atoms with Crippen molar-refractivity contribution in [3.05, 3.63) is 29.8 Å². The average Bonchev–Trinajstić information content (AvgIpc) is 2.26. The molecule has 0 saturated heterocycles. The van der Waals surface area contributed by atoms with Crippen LogP contribution in [-0.2, 0) is 6.42 Å². The predicted octanol–water partition coefficient (Wildman–Crippen LogP) is 2.60. The molecule has 1 heterocycles. The van der Waals surface area contributed by atoms with Crippen molar-refractivity contribution in [2.24, 2.45) is 5.92 Å². The lowest BCUT2D eigenvalue weighted by Crippen LogP contribution is -2.39. The van der Waals surface area contributed by atoms with Gasteiger partial charge < -0.3 is 4.90 Å². The van der Waals surface area contributed by atoms with Crippen molar-refractivity contribution in [3.63, 3.8) is 0 Å². The lowest BCUT2D eigenvalue weighted by Gasteiger charge is -2.36. The van der Waals surface area contributed by atoms with Crippen LogP contribution in [0.2, 0.25) is 0 Å². The summed E-state index contributed by atoms with van der Waals surface area (Å²) >= 11 is 0. The molecule has 1 aromatic carbocycles. The zero-order valence-corrected chi connectivity index (χ0v) is 9.27. The Kier molecular flexibility index (Phi) is 2.64. The molecular formula is C13H16N2. The fraction of sp³-hybridized carbons (Fsp3) is 0.462. The van der Waals surface area contributed by atoms with Gasteiger partial charge in [-0.1, -0.05) is 25.1 Å². The number of hydrogen-bond donors (Lipinski definition) is 0. The van der Waals surface area contributed by atoms with E-state index in [9.17, 15) is 0 Å². The quantitative estimate of drug-likeness (QED) is 0.696. The number of rotatable bonds is 1. The van der Waals surface area contributed by atoms with Crippen LogP contribution in [-0.4, -0.2) is 12.6 Å². The van der Waals surface area contributed by atoms with E-state index in [1.54, 1.807) is 0 Å². The number of nitriles is 1. The van der Waals surface area contributed by atoms with Crippen molar-refractivity contribution < 1.29 is 0 Å². The molecule has 15 heavy (non-hydrogen) atoms. The van der Waals surface area contributed by atoms with Crippen molar-refractivity contribution in [1.29, 1.82) is 5.26 Å². The highest BCUT2D eigenvalue weighted by molar-refractivity contribution is 5.57. The first kappa shape index (κ1) is 10.0. The zero-order chi connectivity index (χ0) is 10.8. The summed E-state index contributed by atoms with van der Waals surface area (Å²) in [6.07, 6.45) is 1.13. The van der Waals surface area contributed by atoms with Crippen LogP contribution in [0.1, 0.15) is 19.4 Å². The SMILES string of the molecule is CC1Cc2ccccc2N(C(C)C#N)C1. The fourth-order valence-corrected chi connectivity index (χ4v) is 2.27. The first-order chi connectivity index (χ1) is 7.22. The molecule has 0 aromatic heterocycles. The number of nitrogens with zero attached hydrogens (tertiary/aromatic N) is 2. The van der Waals surface area contributed by atoms with Crippen LogP contribution in [0.15, 0.2) is 24.3 Å². The van der Waals surface area contributed by atoms with Crippen LogP contribution < -0.4 is 4.90 Å². The van der Waals surface area contributed by atoms with Gasteiger partial charge in [-0.05, 0) is 30.9 Å². The van der Waals surface area contributed by atoms with Crippen LogP contribution in [0.5, 0.6) is 0 Å². The Hall–Kier alpha value is -1.49. The summed E-state index contributed by atoms with van der Waals surface area (Å²) in [6, 6.07) is 10.7. The highest BCUT2D eigenvalue weighted by Gasteiger charge is 2.24. The minimum Gasteiger partial charge on any atom is -0.355 e. The molecule has 0 fully saturated rings. The van der Waals surface area contributed by atoms with E-state index in [1.807, 2.05) is 13.0 Å². The van der Waals surface area contributed by atoms with E-state index in [-0.39, 0.29) is 6.04 Å². The van der Waals surface area contributed by atoms with E-state index in [0.29, 0.717) is 5.92 Å². The van der Waals surface area contributed by atoms with Crippen molar-refractivity contribution in [2.75, 3.05) is 11.4 Å². The van der Waals surface area contributed by atoms with Gasteiger partial charge in [0.15, 0.2) is 0 Å². The molecule has 2 nitrogen and oxygen atoms in total. The maximum Gasteiger partial charge on any atom is 0.114 e. The van der Waals surface area contributed by atoms with E-state index in [0.717, 1.165) is 13.0 Å². The second-order valence-electron chi connectivity index (χ2n) is 4.40. The largest absolute Gasteiger partial charge is 0.355 e. The van der Waals surface area contributed by atoms with Gasteiger partial charge >= 0.3 is 0 Å². The monoisotopic (exact) mass is 200 g/mol. The van der Waals surface area contributed by atoms with E-state index < -0.39 is 0 Å². The van der Waals surface area contributed by atoms with Crippen LogP contribution >= 0.6 is 0 Å². The van der Waals surface area contributed by atoms with Gasteiger partial charge in [-0.25, -0.2) is 0 Å². The van der Waals surface area contributed by atoms with E-state index in [1.165, 1.54) is 11.3 Å². The summed E-state index contributed by atoms with van der Waals surface area (Å²) < 4.78 is 0. The number of anilines is 1. The van der Waals surface area contributed by atoms with Gasteiger partial charge in [0.25, 0.3) is 0 Å². The van der Waals surface area contributed by atoms with Gasteiger partial charge in [0.2, 0.25) is 0 Å². The van der Waals surface area contributed by atoms with Gasteiger partial charge in [-0.15, -0.1) is 0 Å². The topological polar surface area (TPSA) is 27.0 Å². The second-order valence-corrected chi connectivity index (χ2v) is 4.40. The molecule has 0 N–H and O–H groups in total. The molecule has 2 rings (SSSR count). The van der Waals surface area contributed by atoms with Crippen LogP contribution in [0.4, 0.5) is 5.69 Å². The second kappa shape index (κ2) is 3.94. The molecule has 1 aliphatic rings. The van der Waals surface area contributed by atoms with Gasteiger partial charge in [0, 0.05) is 12.2 Å². The first-order valence-corrected chi connectivity index (χ1v) is 5.46. The van der Waals surface area contributed by atoms with Crippen LogP contribution in [0.3, 0.4) is 0 Å². The Morgan fingerprint density at radius 2 is 2.20 bits per heavy atom. The van der Waals surface area contributed by atoms with Crippen molar-refractivity contribution >= 4 is 5.69 Å². The maximum absolute atomic E-state index is 9.01. The lowest BCUT2D eigenvalue weighted by molar-refractivity contribution is 0.520. The summed E-state index contributed by atoms with van der Waals surface area (Å²) in [4.78, 5) is 2.21. The Bertz CT molecular complexity index is 392. The number of para-hydroxylation sites is 1. The molecule has 0 amide bonds. The molecular weight excluding hydrogens is 184 g/mol. The van der Waals surface area contributed by atoms with Crippen molar-refractivity contribution in [1.82, 2.24) is 0 Å². The molecule has 2 atom stereocenters. The Morgan fingerprint density at radius 3 is 2.93 bits per heavy atom. The molecule has 1 aromatic rings. The Morgan fingerprint density at radius 1 is 1.47 bits per heavy atom. The summed E-state index contributed by atoms with van der Waals surface area (Å²) in [7, 11) is 0. The number of benzene rings is 1. The first-order valence-electron chi connectivity index (χ1n) is 5.46. The highest BCUT2D eigenvalue weighted by Crippen LogP contribution is 2.30. The third-order valence-electron chi connectivity index (χ3n) is 3.03. The molecule has 2 heteroatoms. The molecule has 1 aliphatic heterocycles. The third kappa shape index (κ3) is 1.83. The minimum absolute atomic E-state index is 0.0334. The standard InChI is InChI=1S/C13H16N2/c1-10-7-12-5-3-4-6-13(12)15(9-10)11(2)8-14/h3-6,10-11H,7,9H2,1-2H3. The molecule has 0 radical (unpaired) electrons. The van der Waals surface area contributed by atoms with Gasteiger partial charge in [-0.3, -0.25) is 0 Å². The highest BCUT2D eigenvalue weighted by atomic mass is 15.2. The molecule has 2 unspecified atom stereocenters. The van der Waals surface area contributed by atoms with Gasteiger partial charge in [0.05, 0.1) is 6.07 Å². The van der Waals surface area contributed by atoms with Crippen LogP contribution in [0.25, 0.3) is 0 Å². The summed E-state index contributed by atoms with van der Waals surface area (Å²) in [6.45, 7) is 5.20. The smallest absolute Gasteiger partial charge is 0.114 e. The summed E-state index contributed by atoms with van der Waals surface area (Å²) in [5.41, 5.74) is 2.61. The number of hydrogen-bond acceptors (Lipinski definition) is 2. The van der Waals surface area contributed by atoms with Crippen molar-refractivity contribution in [2.45, 2.75) is 26.3 Å². The zero-order valence-electron chi connectivity index (χ0n) is 9.27. The maximum atomic E-state index is 9.01. The van der Waals surface area contributed by atoms with Crippen LogP contribution in [0, 0.1) is 17.2 Å². The Labute approximate surface area is 91.1 Å². The van der Waals surface area contributed by atoms with E-state index in [4.69, 9.17) is 5.26 Å². The molecule has 0 aliphatic carbocycles. The van der Waals surface area contributed by atoms with E-state index >= 15 is 0 Å². The molecule has 78 valence electrons. The Balaban J connectivity index is 2.39. The minimum atomic E-state index is -0.0334. The molecule has 0 bridgehead atoms. The summed E-state index contributed by atoms with van der Waals surface area (Å²) in [5.74, 6) is 0.635. The van der Waals surface area contributed by atoms with E-state index in [2.05, 4.69) is 36.1 Å². The lowest BCUT2D eigenvalue weighted by atomic mass is 9.93. The normalized spacial score (nSPS) is 21.7. The van der Waals surface area contributed by atoms with Crippen molar-refractivity contribution in [3.8, 4) is 6.07 Å². The molecule has 0 saturated carbocycles. The third-order valence-corrected chi connectivity index (χ3v) is 3.03. The predicted molar refractivity (Wildman–Crippen MR) is 61.7 cm³/mol.